The molecule has 2 fully saturated rings. The highest BCUT2D eigenvalue weighted by Crippen LogP contribution is 2.51. The van der Waals surface area contributed by atoms with E-state index in [1.165, 1.54) is 4.68 Å². The third kappa shape index (κ3) is 3.63. The molecule has 10 nitrogen and oxygen atoms in total. The van der Waals surface area contributed by atoms with Gasteiger partial charge in [0.15, 0.2) is 21.4 Å². The summed E-state index contributed by atoms with van der Waals surface area (Å²) in [7, 11) is -1.49. The summed E-state index contributed by atoms with van der Waals surface area (Å²) in [5, 5.41) is 17.3. The topological polar surface area (TPSA) is 135 Å². The summed E-state index contributed by atoms with van der Waals surface area (Å²) >= 11 is 0. The Morgan fingerprint density at radius 3 is 2.63 bits per heavy atom. The minimum absolute atomic E-state index is 0.206. The Bertz CT molecular complexity index is 1470. The van der Waals surface area contributed by atoms with Crippen molar-refractivity contribution in [3.8, 4) is 17.7 Å². The highest BCUT2D eigenvalue weighted by atomic mass is 32.2. The Morgan fingerprint density at radius 2 is 1.97 bits per heavy atom. The maximum absolute atomic E-state index is 13.4. The van der Waals surface area contributed by atoms with Crippen molar-refractivity contribution in [2.45, 2.75) is 48.5 Å². The van der Waals surface area contributed by atoms with E-state index in [4.69, 9.17) is 9.78 Å². The van der Waals surface area contributed by atoms with Crippen molar-refractivity contribution in [2.24, 2.45) is 7.05 Å². The summed E-state index contributed by atoms with van der Waals surface area (Å²) < 4.78 is 32.1. The van der Waals surface area contributed by atoms with E-state index < -0.39 is 14.6 Å². The van der Waals surface area contributed by atoms with Crippen LogP contribution < -0.4 is 0 Å². The van der Waals surface area contributed by atoms with E-state index in [-0.39, 0.29) is 23.6 Å². The third-order valence-corrected chi connectivity index (χ3v) is 10.3. The number of sulfone groups is 1. The lowest BCUT2D eigenvalue weighted by Gasteiger charge is -2.31. The van der Waals surface area contributed by atoms with Gasteiger partial charge < -0.3 is 9.42 Å². The van der Waals surface area contributed by atoms with Crippen LogP contribution in [0.5, 0.6) is 0 Å². The zero-order valence-corrected chi connectivity index (χ0v) is 20.1. The highest BCUT2D eigenvalue weighted by Gasteiger charge is 2.60. The van der Waals surface area contributed by atoms with Gasteiger partial charge in [0.1, 0.15) is 5.69 Å². The average Bonchev–Trinajstić information content (AvgIpc) is 3.77. The van der Waals surface area contributed by atoms with E-state index in [1.807, 2.05) is 12.1 Å². The summed E-state index contributed by atoms with van der Waals surface area (Å²) in [6.07, 6.45) is 3.72. The average molecular weight is 493 g/mol. The van der Waals surface area contributed by atoms with Gasteiger partial charge in [-0.05, 0) is 49.8 Å². The Balaban J connectivity index is 1.22. The molecule has 35 heavy (non-hydrogen) atoms. The Morgan fingerprint density at radius 1 is 1.23 bits per heavy atom. The van der Waals surface area contributed by atoms with E-state index in [2.05, 4.69) is 21.3 Å². The van der Waals surface area contributed by atoms with Gasteiger partial charge in [0.05, 0.1) is 21.6 Å². The second kappa shape index (κ2) is 7.75. The number of hydrogen-bond acceptors (Lipinski definition) is 8. The van der Waals surface area contributed by atoms with Crippen molar-refractivity contribution in [1.82, 2.24) is 24.8 Å². The van der Waals surface area contributed by atoms with Gasteiger partial charge in [-0.1, -0.05) is 17.3 Å². The highest BCUT2D eigenvalue weighted by molar-refractivity contribution is 7.94. The van der Waals surface area contributed by atoms with Crippen molar-refractivity contribution in [1.29, 1.82) is 5.26 Å². The molecule has 11 heteroatoms. The first-order valence-electron chi connectivity index (χ1n) is 11.7. The first-order chi connectivity index (χ1) is 16.8. The first kappa shape index (κ1) is 22.0. The van der Waals surface area contributed by atoms with Crippen molar-refractivity contribution in [2.75, 3.05) is 13.1 Å². The second-order valence-electron chi connectivity index (χ2n) is 9.70. The number of rotatable bonds is 7. The minimum atomic E-state index is -3.19. The smallest absolute Gasteiger partial charge is 0.278 e. The molecule has 0 saturated heterocycles. The molecule has 0 bridgehead atoms. The van der Waals surface area contributed by atoms with Gasteiger partial charge in [-0.25, -0.2) is 8.42 Å². The molecule has 2 aliphatic carbocycles. The van der Waals surface area contributed by atoms with E-state index in [1.54, 1.807) is 24.1 Å². The first-order valence-corrected chi connectivity index (χ1v) is 13.3. The molecule has 3 heterocycles. The molecule has 0 radical (unpaired) electrons. The van der Waals surface area contributed by atoms with Gasteiger partial charge in [0.25, 0.3) is 11.8 Å². The Hall–Kier alpha value is -3.52. The molecule has 3 aromatic rings. The Kier molecular flexibility index (Phi) is 4.86. The molecule has 2 aromatic heterocycles. The molecular formula is C24H24N6O4S. The monoisotopic (exact) mass is 492 g/mol. The number of benzene rings is 1. The summed E-state index contributed by atoms with van der Waals surface area (Å²) in [5.74, 6) is 0.526. The van der Waals surface area contributed by atoms with Crippen molar-refractivity contribution >= 4 is 15.7 Å². The van der Waals surface area contributed by atoms with Gasteiger partial charge in [0, 0.05) is 32.1 Å². The van der Waals surface area contributed by atoms with Crippen LogP contribution in [0.15, 0.2) is 28.8 Å². The van der Waals surface area contributed by atoms with Gasteiger partial charge in [-0.15, -0.1) is 0 Å². The SMILES string of the molecule is Cn1nc(-c2nc(Cc3ccc(C#N)cc3)no2)c2c1C(=O)N(CC1(S(=O)(=O)C3CC3)CC1)CC2. The van der Waals surface area contributed by atoms with Crippen LogP contribution in [0.1, 0.15) is 58.7 Å². The van der Waals surface area contributed by atoms with Crippen LogP contribution in [-0.2, 0) is 29.7 Å². The maximum atomic E-state index is 13.4. The molecule has 1 amide bonds. The number of aryl methyl sites for hydroxylation is 1. The molecular weight excluding hydrogens is 468 g/mol. The van der Waals surface area contributed by atoms with Crippen LogP contribution in [0, 0.1) is 11.3 Å². The standard InChI is InChI=1S/C24H24N6O4S/c1-29-21-18(8-11-30(23(21)31)14-24(9-10-24)35(32,33)17-6-7-17)20(27-29)22-26-19(28-34-22)12-15-2-4-16(13-25)5-3-15/h2-5,17H,6-12,14H2,1H3. The Labute approximate surface area is 202 Å². The molecule has 3 aliphatic rings. The largest absolute Gasteiger partial charge is 0.335 e. The molecule has 1 aromatic carbocycles. The molecule has 0 spiro atoms. The third-order valence-electron chi connectivity index (χ3n) is 7.24. The summed E-state index contributed by atoms with van der Waals surface area (Å²) in [5.41, 5.74) is 3.20. The predicted octanol–water partition coefficient (Wildman–Crippen LogP) is 2.04. The second-order valence-corrected chi connectivity index (χ2v) is 12.3. The number of nitrogens with zero attached hydrogens (tertiary/aromatic N) is 6. The molecule has 2 saturated carbocycles. The van der Waals surface area contributed by atoms with Crippen LogP contribution in [-0.4, -0.2) is 62.2 Å². The lowest BCUT2D eigenvalue weighted by atomic mass is 10.0. The van der Waals surface area contributed by atoms with Crippen LogP contribution in [0.25, 0.3) is 11.6 Å². The zero-order chi connectivity index (χ0) is 24.4. The molecule has 0 unspecified atom stereocenters. The fourth-order valence-electron chi connectivity index (χ4n) is 4.95. The lowest BCUT2D eigenvalue weighted by molar-refractivity contribution is 0.0724. The summed E-state index contributed by atoms with van der Waals surface area (Å²) in [6.45, 7) is 0.679. The fourth-order valence-corrected chi connectivity index (χ4v) is 7.42. The van der Waals surface area contributed by atoms with Crippen LogP contribution >= 0.6 is 0 Å². The van der Waals surface area contributed by atoms with Crippen molar-refractivity contribution in [3.05, 3.63) is 52.5 Å². The normalized spacial score (nSPS) is 18.9. The number of carbonyl (C=O) groups excluding carboxylic acids is 1. The van der Waals surface area contributed by atoms with Crippen LogP contribution in [0.2, 0.25) is 0 Å². The number of amides is 1. The van der Waals surface area contributed by atoms with Crippen molar-refractivity contribution in [3.63, 3.8) is 0 Å². The number of fused-ring (bicyclic) bond motifs is 1. The quantitative estimate of drug-likeness (QED) is 0.489. The minimum Gasteiger partial charge on any atom is -0.335 e. The van der Waals surface area contributed by atoms with Gasteiger partial charge >= 0.3 is 0 Å². The molecule has 6 rings (SSSR count). The van der Waals surface area contributed by atoms with E-state index in [0.29, 0.717) is 55.0 Å². The van der Waals surface area contributed by atoms with Gasteiger partial charge in [-0.3, -0.25) is 9.48 Å². The van der Waals surface area contributed by atoms with E-state index >= 15 is 0 Å². The van der Waals surface area contributed by atoms with Crippen LogP contribution in [0.4, 0.5) is 0 Å². The van der Waals surface area contributed by atoms with Gasteiger partial charge in [0.2, 0.25) is 0 Å². The number of nitriles is 1. The van der Waals surface area contributed by atoms with E-state index in [9.17, 15) is 13.2 Å². The van der Waals surface area contributed by atoms with E-state index in [0.717, 1.165) is 24.0 Å². The predicted molar refractivity (Wildman–Crippen MR) is 124 cm³/mol. The summed E-state index contributed by atoms with van der Waals surface area (Å²) in [4.78, 5) is 19.5. The van der Waals surface area contributed by atoms with Crippen molar-refractivity contribution < 1.29 is 17.7 Å². The van der Waals surface area contributed by atoms with Crippen LogP contribution in [0.3, 0.4) is 0 Å². The number of hydrogen-bond donors (Lipinski definition) is 0. The fraction of sp³-hybridized carbons (Fsp3) is 0.458. The maximum Gasteiger partial charge on any atom is 0.278 e. The zero-order valence-electron chi connectivity index (χ0n) is 19.3. The molecule has 0 N–H and O–H groups in total. The number of aromatic nitrogens is 4. The summed E-state index contributed by atoms with van der Waals surface area (Å²) in [6, 6.07) is 9.27. The number of carbonyl (C=O) groups is 1. The lowest BCUT2D eigenvalue weighted by Crippen LogP contribution is -2.46. The molecule has 1 aliphatic heterocycles. The molecule has 180 valence electrons. The molecule has 0 atom stereocenters. The van der Waals surface area contributed by atoms with Gasteiger partial charge in [-0.2, -0.15) is 15.3 Å².